The van der Waals surface area contributed by atoms with Crippen LogP contribution < -0.4 is 19.7 Å². The van der Waals surface area contributed by atoms with E-state index in [9.17, 15) is 9.00 Å². The molecule has 3 heterocycles. The number of fused-ring (bicyclic) bond motifs is 2. The third-order valence-corrected chi connectivity index (χ3v) is 12.7. The zero-order valence-electron chi connectivity index (χ0n) is 27.2. The number of hydrogen-bond donors (Lipinski definition) is 2. The molecule has 1 saturated carbocycles. The largest absolute Gasteiger partial charge is 0.491 e. The van der Waals surface area contributed by atoms with Crippen molar-refractivity contribution in [2.75, 3.05) is 31.6 Å². The van der Waals surface area contributed by atoms with Gasteiger partial charge in [-0.3, -0.25) is 9.52 Å². The number of alkyl halides is 1. The average molecular weight is 686 g/mol. The number of aryl methyl sites for hydroxylation is 1. The highest BCUT2D eigenvalue weighted by molar-refractivity contribution is 7.84. The van der Waals surface area contributed by atoms with Crippen molar-refractivity contribution in [2.24, 2.45) is 23.7 Å². The molecule has 0 spiro atoms. The molecule has 3 aliphatic heterocycles. The summed E-state index contributed by atoms with van der Waals surface area (Å²) in [5.41, 5.74) is 4.88. The van der Waals surface area contributed by atoms with E-state index in [1.165, 1.54) is 16.8 Å². The van der Waals surface area contributed by atoms with Crippen LogP contribution in [-0.2, 0) is 17.4 Å². The van der Waals surface area contributed by atoms with Crippen molar-refractivity contribution in [3.8, 4) is 5.75 Å². The Bertz CT molecular complexity index is 1530. The normalized spacial score (nSPS) is 32.2. The topological polar surface area (TPSA) is 73.9 Å². The Morgan fingerprint density at radius 1 is 1.11 bits per heavy atom. The Labute approximate surface area is 286 Å². The van der Waals surface area contributed by atoms with Gasteiger partial charge in [0.05, 0.1) is 17.5 Å². The minimum absolute atomic E-state index is 0.121. The number of nitrogens with zero attached hydrogens (tertiary/aromatic N) is 2. The molecular weight excluding hydrogens is 639 g/mol. The molecule has 8 atom stereocenters. The molecule has 1 amide bonds. The lowest BCUT2D eigenvalue weighted by atomic mass is 9.65. The Morgan fingerprint density at radius 3 is 2.65 bits per heavy atom. The summed E-state index contributed by atoms with van der Waals surface area (Å²) in [5.74, 6) is 1.78. The first-order chi connectivity index (χ1) is 22.1. The van der Waals surface area contributed by atoms with E-state index in [0.717, 1.165) is 61.7 Å². The second kappa shape index (κ2) is 14.2. The first-order valence-corrected chi connectivity index (χ1v) is 18.7. The zero-order valence-corrected chi connectivity index (χ0v) is 29.5. The lowest BCUT2D eigenvalue weighted by Crippen LogP contribution is -2.44. The zero-order chi connectivity index (χ0) is 32.5. The molecule has 1 aliphatic carbocycles. The Kier molecular flexibility index (Phi) is 10.3. The smallest absolute Gasteiger partial charge is 0.263 e. The lowest BCUT2D eigenvalue weighted by Gasteiger charge is -2.45. The Balaban J connectivity index is 1.40. The maximum atomic E-state index is 13.4. The van der Waals surface area contributed by atoms with Crippen molar-refractivity contribution >= 4 is 45.8 Å². The van der Waals surface area contributed by atoms with E-state index >= 15 is 0 Å². The predicted molar refractivity (Wildman–Crippen MR) is 189 cm³/mol. The van der Waals surface area contributed by atoms with E-state index in [2.05, 4.69) is 71.2 Å². The number of benzene rings is 2. The summed E-state index contributed by atoms with van der Waals surface area (Å²) in [6.07, 6.45) is 11.7. The molecule has 6 rings (SSSR count). The van der Waals surface area contributed by atoms with Gasteiger partial charge in [0.15, 0.2) is 5.62 Å². The van der Waals surface area contributed by atoms with Gasteiger partial charge < -0.3 is 19.9 Å². The van der Waals surface area contributed by atoms with Crippen LogP contribution in [0.25, 0.3) is 0 Å². The Morgan fingerprint density at radius 2 is 1.93 bits per heavy atom. The van der Waals surface area contributed by atoms with E-state index in [0.29, 0.717) is 24.0 Å². The third-order valence-electron chi connectivity index (χ3n) is 10.5. The number of anilines is 1. The van der Waals surface area contributed by atoms with Gasteiger partial charge in [-0.2, -0.15) is 0 Å². The highest BCUT2D eigenvalue weighted by atomic mass is 35.5. The second-order valence-electron chi connectivity index (χ2n) is 13.5. The number of amides is 1. The molecule has 0 aromatic heterocycles. The number of rotatable bonds is 4. The standard InChI is InChI=1S/C36H46Cl2N4O3S/c1-5-7-24-16-28(37)12-14-29(24)27-20-42-19-26-10-13-30(26)31(33-18-39-36(38)41(33)4)9-6-8-22(2)23(3)46(44)40-35(43)25-11-15-34(45-21-27)32(42)17-25/h6,9,11-12,14-18,22-23,26-27,30-31,36,39H,5,7-8,10,13,19-21H2,1-4H3,(H,40,43)/b9-6+. The number of ether oxygens (including phenoxy) is 1. The SMILES string of the molecule is CCCc1cc(Cl)ccc1C1COc2ccc3cc2N(C1)CC1CCC1C(C1=CNC(Cl)N1C)/C=C/CC(C)C(C)S(=O)NC3=O. The predicted octanol–water partition coefficient (Wildman–Crippen LogP) is 7.19. The number of hydrogen-bond acceptors (Lipinski definition) is 6. The van der Waals surface area contributed by atoms with Gasteiger partial charge in [0, 0.05) is 54.5 Å². The van der Waals surface area contributed by atoms with Crippen molar-refractivity contribution in [1.82, 2.24) is 14.9 Å². The van der Waals surface area contributed by atoms with Gasteiger partial charge in [0.25, 0.3) is 5.91 Å². The number of nitrogens with one attached hydrogen (secondary N) is 2. The molecule has 7 nitrogen and oxygen atoms in total. The summed E-state index contributed by atoms with van der Waals surface area (Å²) >= 11 is 13.0. The quantitative estimate of drug-likeness (QED) is 0.202. The second-order valence-corrected chi connectivity index (χ2v) is 15.9. The summed E-state index contributed by atoms with van der Waals surface area (Å²) in [6.45, 7) is 8.38. The minimum Gasteiger partial charge on any atom is -0.491 e. The number of halogens is 2. The monoisotopic (exact) mass is 684 g/mol. The van der Waals surface area contributed by atoms with E-state index in [1.54, 1.807) is 6.07 Å². The fourth-order valence-electron chi connectivity index (χ4n) is 7.41. The highest BCUT2D eigenvalue weighted by Gasteiger charge is 2.42. The van der Waals surface area contributed by atoms with Crippen molar-refractivity contribution in [2.45, 2.75) is 69.7 Å². The van der Waals surface area contributed by atoms with Crippen LogP contribution in [0, 0.1) is 23.7 Å². The van der Waals surface area contributed by atoms with Crippen LogP contribution in [0.2, 0.25) is 5.02 Å². The van der Waals surface area contributed by atoms with Crippen LogP contribution in [-0.4, -0.2) is 52.6 Å². The fourth-order valence-corrected chi connectivity index (χ4v) is 8.80. The van der Waals surface area contributed by atoms with Gasteiger partial charge >= 0.3 is 0 Å². The van der Waals surface area contributed by atoms with Crippen molar-refractivity contribution in [1.29, 1.82) is 0 Å². The van der Waals surface area contributed by atoms with E-state index < -0.39 is 11.0 Å². The maximum absolute atomic E-state index is 13.4. The van der Waals surface area contributed by atoms with Crippen LogP contribution in [0.1, 0.15) is 73.9 Å². The molecule has 2 aromatic rings. The first-order valence-electron chi connectivity index (χ1n) is 16.7. The van der Waals surface area contributed by atoms with Gasteiger partial charge in [0.1, 0.15) is 16.7 Å². The van der Waals surface area contributed by atoms with Gasteiger partial charge in [-0.05, 0) is 91.8 Å². The van der Waals surface area contributed by atoms with Crippen molar-refractivity contribution in [3.05, 3.63) is 82.2 Å². The number of carbonyl (C=O) groups excluding carboxylic acids is 1. The molecule has 2 N–H and O–H groups in total. The first kappa shape index (κ1) is 33.2. The van der Waals surface area contributed by atoms with Crippen molar-refractivity contribution in [3.63, 3.8) is 0 Å². The molecule has 4 aliphatic rings. The van der Waals surface area contributed by atoms with Crippen molar-refractivity contribution < 1.29 is 13.7 Å². The highest BCUT2D eigenvalue weighted by Crippen LogP contribution is 2.47. The minimum atomic E-state index is -1.53. The van der Waals surface area contributed by atoms with Gasteiger partial charge in [0.2, 0.25) is 0 Å². The molecular formula is C36H46Cl2N4O3S. The maximum Gasteiger partial charge on any atom is 0.263 e. The number of allylic oxidation sites excluding steroid dienone is 2. The molecule has 0 saturated heterocycles. The van der Waals surface area contributed by atoms with Crippen LogP contribution in [0.15, 0.2) is 60.4 Å². The molecule has 2 bridgehead atoms. The Hall–Kier alpha value is -2.68. The summed E-state index contributed by atoms with van der Waals surface area (Å²) < 4.78 is 22.6. The van der Waals surface area contributed by atoms with E-state index in [4.69, 9.17) is 27.9 Å². The van der Waals surface area contributed by atoms with Crippen LogP contribution in [0.5, 0.6) is 5.75 Å². The van der Waals surface area contributed by atoms with E-state index in [-0.39, 0.29) is 34.5 Å². The average Bonchev–Trinajstić information content (AvgIpc) is 3.24. The summed E-state index contributed by atoms with van der Waals surface area (Å²) in [4.78, 5) is 18.0. The number of carbonyl (C=O) groups is 1. The van der Waals surface area contributed by atoms with E-state index in [1.807, 2.05) is 25.1 Å². The van der Waals surface area contributed by atoms with Crippen LogP contribution in [0.3, 0.4) is 0 Å². The third kappa shape index (κ3) is 6.81. The van der Waals surface area contributed by atoms with Gasteiger partial charge in [-0.15, -0.1) is 0 Å². The summed E-state index contributed by atoms with van der Waals surface area (Å²) in [6, 6.07) is 11.9. The molecule has 248 valence electrons. The van der Waals surface area contributed by atoms with Gasteiger partial charge in [-0.1, -0.05) is 61.7 Å². The molecule has 1 fully saturated rings. The summed E-state index contributed by atoms with van der Waals surface area (Å²) in [7, 11) is 0.522. The summed E-state index contributed by atoms with van der Waals surface area (Å²) in [5, 5.41) is 3.83. The lowest BCUT2D eigenvalue weighted by molar-refractivity contribution is 0.0982. The molecule has 8 unspecified atom stereocenters. The van der Waals surface area contributed by atoms with Crippen LogP contribution >= 0.6 is 23.2 Å². The molecule has 2 aromatic carbocycles. The molecule has 10 heteroatoms. The van der Waals surface area contributed by atoms with Crippen LogP contribution in [0.4, 0.5) is 5.69 Å². The molecule has 0 radical (unpaired) electrons. The molecule has 46 heavy (non-hydrogen) atoms. The van der Waals surface area contributed by atoms with Gasteiger partial charge in [-0.25, -0.2) is 4.21 Å². The fraction of sp³-hybridized carbons (Fsp3) is 0.528.